The van der Waals surface area contributed by atoms with Gasteiger partial charge in [0.1, 0.15) is 6.10 Å². The molecule has 1 aliphatic carbocycles. The number of rotatable bonds is 6. The van der Waals surface area contributed by atoms with Crippen molar-refractivity contribution in [1.82, 2.24) is 10.2 Å². The van der Waals surface area contributed by atoms with Crippen molar-refractivity contribution in [2.75, 3.05) is 46.0 Å². The molecule has 1 saturated carbocycles. The maximum Gasteiger partial charge on any atom is 0.194 e. The average molecular weight is 495 g/mol. The van der Waals surface area contributed by atoms with Crippen molar-refractivity contribution < 1.29 is 14.2 Å². The summed E-state index contributed by atoms with van der Waals surface area (Å²) in [4.78, 5) is 7.14. The Morgan fingerprint density at radius 1 is 1.04 bits per heavy atom. The van der Waals surface area contributed by atoms with Crippen LogP contribution in [-0.2, 0) is 14.2 Å². The summed E-state index contributed by atoms with van der Waals surface area (Å²) in [5.74, 6) is 0.989. The van der Waals surface area contributed by atoms with Crippen molar-refractivity contribution in [3.63, 3.8) is 0 Å². The predicted molar refractivity (Wildman–Crippen MR) is 119 cm³/mol. The molecule has 7 heteroatoms. The molecule has 0 aromatic rings. The van der Waals surface area contributed by atoms with Crippen molar-refractivity contribution in [1.29, 1.82) is 0 Å². The number of guanidine groups is 1. The van der Waals surface area contributed by atoms with E-state index in [1.165, 1.54) is 38.5 Å². The first kappa shape index (κ1) is 23.2. The second-order valence-corrected chi connectivity index (χ2v) is 7.63. The summed E-state index contributed by atoms with van der Waals surface area (Å²) >= 11 is 0. The van der Waals surface area contributed by atoms with Crippen LogP contribution in [0.15, 0.2) is 4.99 Å². The van der Waals surface area contributed by atoms with Gasteiger partial charge in [0.2, 0.25) is 0 Å². The zero-order chi connectivity index (χ0) is 18.0. The molecule has 2 aliphatic heterocycles. The van der Waals surface area contributed by atoms with Gasteiger partial charge in [-0.05, 0) is 32.6 Å². The Balaban J connectivity index is 0.00000261. The number of halogens is 1. The van der Waals surface area contributed by atoms with Gasteiger partial charge in [0.15, 0.2) is 5.96 Å². The minimum Gasteiger partial charge on any atom is -0.376 e. The van der Waals surface area contributed by atoms with E-state index in [2.05, 4.69) is 17.1 Å². The lowest BCUT2D eigenvalue weighted by Crippen LogP contribution is -2.53. The highest BCUT2D eigenvalue weighted by molar-refractivity contribution is 14.0. The van der Waals surface area contributed by atoms with E-state index in [-0.39, 0.29) is 36.2 Å². The first-order valence-electron chi connectivity index (χ1n) is 10.7. The second kappa shape index (κ2) is 13.2. The maximum atomic E-state index is 6.08. The molecule has 0 spiro atoms. The fraction of sp³-hybridized carbons (Fsp3) is 0.950. The van der Waals surface area contributed by atoms with Gasteiger partial charge in [-0.1, -0.05) is 25.7 Å². The van der Waals surface area contributed by atoms with Crippen LogP contribution in [0.3, 0.4) is 0 Å². The van der Waals surface area contributed by atoms with Gasteiger partial charge < -0.3 is 24.4 Å². The van der Waals surface area contributed by atoms with Crippen LogP contribution in [0.2, 0.25) is 0 Å². The molecule has 1 N–H and O–H groups in total. The van der Waals surface area contributed by atoms with E-state index in [0.29, 0.717) is 6.10 Å². The topological polar surface area (TPSA) is 55.3 Å². The predicted octanol–water partition coefficient (Wildman–Crippen LogP) is 3.19. The molecule has 2 heterocycles. The second-order valence-electron chi connectivity index (χ2n) is 7.63. The Morgan fingerprint density at radius 3 is 2.52 bits per heavy atom. The molecule has 158 valence electrons. The van der Waals surface area contributed by atoms with E-state index >= 15 is 0 Å². The van der Waals surface area contributed by atoms with Crippen molar-refractivity contribution in [2.45, 2.75) is 76.6 Å². The molecule has 3 fully saturated rings. The molecule has 27 heavy (non-hydrogen) atoms. The summed E-state index contributed by atoms with van der Waals surface area (Å²) in [6.45, 7) is 7.81. The molecular weight excluding hydrogens is 457 g/mol. The molecule has 0 amide bonds. The first-order valence-corrected chi connectivity index (χ1v) is 10.7. The molecular formula is C20H38IN3O3. The number of aliphatic imine (C=N–C) groups is 1. The van der Waals surface area contributed by atoms with E-state index in [4.69, 9.17) is 19.2 Å². The standard InChI is InChI=1S/C20H37N3O3.HI/c1-2-21-20(22-11-14-24-17-8-5-3-4-6-9-17)23-12-15-26-19(16-23)18-10-7-13-25-18;/h17-19H,2-16H2,1H3,(H,21,22);1H. The summed E-state index contributed by atoms with van der Waals surface area (Å²) in [5, 5.41) is 3.44. The lowest BCUT2D eigenvalue weighted by atomic mass is 10.1. The molecule has 6 nitrogen and oxygen atoms in total. The van der Waals surface area contributed by atoms with E-state index < -0.39 is 0 Å². The van der Waals surface area contributed by atoms with Crippen LogP contribution in [0.25, 0.3) is 0 Å². The highest BCUT2D eigenvalue weighted by atomic mass is 127. The average Bonchev–Trinajstić information content (AvgIpc) is 3.09. The molecule has 3 aliphatic rings. The first-order chi connectivity index (χ1) is 12.9. The van der Waals surface area contributed by atoms with Crippen molar-refractivity contribution in [3.05, 3.63) is 0 Å². The van der Waals surface area contributed by atoms with Gasteiger partial charge in [-0.25, -0.2) is 0 Å². The largest absolute Gasteiger partial charge is 0.376 e. The third-order valence-corrected chi connectivity index (χ3v) is 5.62. The van der Waals surface area contributed by atoms with Crippen LogP contribution >= 0.6 is 24.0 Å². The molecule has 2 saturated heterocycles. The van der Waals surface area contributed by atoms with Crippen LogP contribution in [0.4, 0.5) is 0 Å². The van der Waals surface area contributed by atoms with E-state index in [0.717, 1.165) is 64.8 Å². The highest BCUT2D eigenvalue weighted by Gasteiger charge is 2.32. The SMILES string of the molecule is CCNC(=NCCOC1CCCCCC1)N1CCOC(C2CCCO2)C1.I. The van der Waals surface area contributed by atoms with Gasteiger partial charge in [0.25, 0.3) is 0 Å². The summed E-state index contributed by atoms with van der Waals surface area (Å²) < 4.78 is 17.9. The summed E-state index contributed by atoms with van der Waals surface area (Å²) in [7, 11) is 0. The van der Waals surface area contributed by atoms with E-state index in [1.54, 1.807) is 0 Å². The number of nitrogens with one attached hydrogen (secondary N) is 1. The molecule has 0 aromatic carbocycles. The van der Waals surface area contributed by atoms with Crippen LogP contribution in [0, 0.1) is 0 Å². The smallest absolute Gasteiger partial charge is 0.194 e. The number of hydrogen-bond donors (Lipinski definition) is 1. The van der Waals surface area contributed by atoms with Crippen molar-refractivity contribution in [3.8, 4) is 0 Å². The van der Waals surface area contributed by atoms with Crippen LogP contribution < -0.4 is 5.32 Å². The third kappa shape index (κ3) is 7.66. The molecule has 2 unspecified atom stereocenters. The monoisotopic (exact) mass is 495 g/mol. The van der Waals surface area contributed by atoms with E-state index in [9.17, 15) is 0 Å². The summed E-state index contributed by atoms with van der Waals surface area (Å²) in [5.41, 5.74) is 0. The molecule has 2 atom stereocenters. The summed E-state index contributed by atoms with van der Waals surface area (Å²) in [6.07, 6.45) is 10.9. The molecule has 0 aromatic heterocycles. The number of nitrogens with zero attached hydrogens (tertiary/aromatic N) is 2. The van der Waals surface area contributed by atoms with Gasteiger partial charge in [0, 0.05) is 26.2 Å². The zero-order valence-electron chi connectivity index (χ0n) is 16.9. The lowest BCUT2D eigenvalue weighted by Gasteiger charge is -2.37. The third-order valence-electron chi connectivity index (χ3n) is 5.62. The zero-order valence-corrected chi connectivity index (χ0v) is 19.2. The van der Waals surface area contributed by atoms with Crippen molar-refractivity contribution in [2.24, 2.45) is 4.99 Å². The van der Waals surface area contributed by atoms with Crippen molar-refractivity contribution >= 4 is 29.9 Å². The fourth-order valence-electron chi connectivity index (χ4n) is 4.19. The Bertz CT molecular complexity index is 425. The molecule has 0 bridgehead atoms. The molecule has 0 radical (unpaired) electrons. The quantitative estimate of drug-likeness (QED) is 0.202. The number of ether oxygens (including phenoxy) is 3. The van der Waals surface area contributed by atoms with Gasteiger partial charge in [-0.3, -0.25) is 4.99 Å². The van der Waals surface area contributed by atoms with Crippen LogP contribution in [0.5, 0.6) is 0 Å². The Kier molecular flexibility index (Phi) is 11.3. The van der Waals surface area contributed by atoms with E-state index in [1.807, 2.05) is 0 Å². The number of morpholine rings is 1. The van der Waals surface area contributed by atoms with Gasteiger partial charge in [-0.2, -0.15) is 0 Å². The Hall–Kier alpha value is -0.120. The lowest BCUT2D eigenvalue weighted by molar-refractivity contribution is -0.0817. The van der Waals surface area contributed by atoms with Gasteiger partial charge in [0.05, 0.1) is 32.0 Å². The number of hydrogen-bond acceptors (Lipinski definition) is 4. The van der Waals surface area contributed by atoms with Gasteiger partial charge >= 0.3 is 0 Å². The minimum absolute atomic E-state index is 0. The van der Waals surface area contributed by atoms with Crippen LogP contribution in [-0.4, -0.2) is 75.2 Å². The maximum absolute atomic E-state index is 6.08. The highest BCUT2D eigenvalue weighted by Crippen LogP contribution is 2.21. The summed E-state index contributed by atoms with van der Waals surface area (Å²) in [6, 6.07) is 0. The minimum atomic E-state index is 0. The normalized spacial score (nSPS) is 27.9. The fourth-order valence-corrected chi connectivity index (χ4v) is 4.19. The van der Waals surface area contributed by atoms with Gasteiger partial charge in [-0.15, -0.1) is 24.0 Å². The Labute approximate surface area is 181 Å². The molecule has 3 rings (SSSR count). The Morgan fingerprint density at radius 2 is 1.81 bits per heavy atom. The van der Waals surface area contributed by atoms with Crippen LogP contribution in [0.1, 0.15) is 58.3 Å².